The number of amides is 2. The van der Waals surface area contributed by atoms with Crippen LogP contribution in [0.15, 0.2) is 72.8 Å². The molecule has 0 spiro atoms. The zero-order valence-corrected chi connectivity index (χ0v) is 17.0. The predicted molar refractivity (Wildman–Crippen MR) is 116 cm³/mol. The molecule has 0 aromatic heterocycles. The molecule has 0 aliphatic rings. The smallest absolute Gasteiger partial charge is 0.265 e. The molecule has 0 bridgehead atoms. The summed E-state index contributed by atoms with van der Waals surface area (Å²) in [5.74, 6) is -0.411. The number of nitrogens with one attached hydrogen (secondary N) is 2. The minimum atomic E-state index is -0.848. The van der Waals surface area contributed by atoms with Gasteiger partial charge in [0.15, 0.2) is 6.10 Å². The van der Waals surface area contributed by atoms with E-state index >= 15 is 0 Å². The van der Waals surface area contributed by atoms with Gasteiger partial charge in [-0.3, -0.25) is 9.59 Å². The van der Waals surface area contributed by atoms with Gasteiger partial charge >= 0.3 is 0 Å². The van der Waals surface area contributed by atoms with E-state index in [2.05, 4.69) is 10.6 Å². The van der Waals surface area contributed by atoms with Gasteiger partial charge in [-0.15, -0.1) is 0 Å². The van der Waals surface area contributed by atoms with Crippen LogP contribution < -0.4 is 15.4 Å². The standard InChI is InChI=1S/C22H18Cl2N2O3/c1-14(29-20-12-11-15(23)13-18(20)24)21(27)26-19-10-6-5-9-17(19)22(28)25-16-7-3-2-4-8-16/h2-14H,1H3,(H,25,28)(H,26,27)/t14-/m0/s1. The summed E-state index contributed by atoms with van der Waals surface area (Å²) >= 11 is 12.0. The molecule has 3 rings (SSSR count). The fourth-order valence-electron chi connectivity index (χ4n) is 2.56. The third-order valence-corrected chi connectivity index (χ3v) is 4.56. The van der Waals surface area contributed by atoms with Crippen molar-refractivity contribution in [1.82, 2.24) is 0 Å². The molecule has 2 N–H and O–H groups in total. The van der Waals surface area contributed by atoms with Gasteiger partial charge in [-0.05, 0) is 49.4 Å². The molecule has 7 heteroatoms. The molecule has 0 saturated carbocycles. The number of hydrogen-bond acceptors (Lipinski definition) is 3. The zero-order chi connectivity index (χ0) is 20.8. The van der Waals surface area contributed by atoms with Crippen molar-refractivity contribution in [3.8, 4) is 5.75 Å². The highest BCUT2D eigenvalue weighted by molar-refractivity contribution is 6.35. The van der Waals surface area contributed by atoms with E-state index in [1.807, 2.05) is 18.2 Å². The van der Waals surface area contributed by atoms with Gasteiger partial charge in [-0.2, -0.15) is 0 Å². The Bertz CT molecular complexity index is 1030. The molecule has 0 aliphatic carbocycles. The Hall–Kier alpha value is -3.02. The molecule has 5 nitrogen and oxygen atoms in total. The summed E-state index contributed by atoms with van der Waals surface area (Å²) in [4.78, 5) is 25.2. The van der Waals surface area contributed by atoms with Crippen molar-refractivity contribution in [3.63, 3.8) is 0 Å². The first-order valence-corrected chi connectivity index (χ1v) is 9.57. The lowest BCUT2D eigenvalue weighted by molar-refractivity contribution is -0.122. The number of hydrogen-bond donors (Lipinski definition) is 2. The average Bonchev–Trinajstić information content (AvgIpc) is 2.71. The third-order valence-electron chi connectivity index (χ3n) is 4.03. The number of carbonyl (C=O) groups excluding carboxylic acids is 2. The first-order chi connectivity index (χ1) is 13.9. The lowest BCUT2D eigenvalue weighted by atomic mass is 10.1. The lowest BCUT2D eigenvalue weighted by Gasteiger charge is -2.17. The minimum absolute atomic E-state index is 0.305. The van der Waals surface area contributed by atoms with Gasteiger partial charge in [0, 0.05) is 10.7 Å². The molecule has 3 aromatic rings. The maximum absolute atomic E-state index is 12.6. The van der Waals surface area contributed by atoms with Gasteiger partial charge in [0.1, 0.15) is 5.75 Å². The van der Waals surface area contributed by atoms with Crippen molar-refractivity contribution in [3.05, 3.63) is 88.4 Å². The number of benzene rings is 3. The third kappa shape index (κ3) is 5.50. The van der Waals surface area contributed by atoms with E-state index in [0.717, 1.165) is 0 Å². The van der Waals surface area contributed by atoms with Crippen LogP contribution in [0.4, 0.5) is 11.4 Å². The van der Waals surface area contributed by atoms with Crippen LogP contribution in [0.25, 0.3) is 0 Å². The maximum atomic E-state index is 12.6. The van der Waals surface area contributed by atoms with Crippen LogP contribution in [-0.4, -0.2) is 17.9 Å². The first kappa shape index (κ1) is 20.7. The maximum Gasteiger partial charge on any atom is 0.265 e. The summed E-state index contributed by atoms with van der Waals surface area (Å²) in [6.45, 7) is 1.59. The van der Waals surface area contributed by atoms with Crippen LogP contribution in [0, 0.1) is 0 Å². The molecule has 2 amide bonds. The summed E-state index contributed by atoms with van der Waals surface area (Å²) in [6.07, 6.45) is -0.848. The molecule has 0 radical (unpaired) electrons. The van der Waals surface area contributed by atoms with E-state index in [1.165, 1.54) is 6.07 Å². The van der Waals surface area contributed by atoms with Crippen LogP contribution >= 0.6 is 23.2 Å². The van der Waals surface area contributed by atoms with Gasteiger partial charge in [0.2, 0.25) is 0 Å². The van der Waals surface area contributed by atoms with Gasteiger partial charge in [-0.25, -0.2) is 0 Å². The van der Waals surface area contributed by atoms with E-state index in [1.54, 1.807) is 55.5 Å². The van der Waals surface area contributed by atoms with E-state index in [-0.39, 0.29) is 5.91 Å². The fourth-order valence-corrected chi connectivity index (χ4v) is 3.01. The van der Waals surface area contributed by atoms with Crippen molar-refractivity contribution >= 4 is 46.4 Å². The first-order valence-electron chi connectivity index (χ1n) is 8.82. The number of anilines is 2. The highest BCUT2D eigenvalue weighted by atomic mass is 35.5. The van der Waals surface area contributed by atoms with Crippen molar-refractivity contribution < 1.29 is 14.3 Å². The highest BCUT2D eigenvalue weighted by Crippen LogP contribution is 2.28. The number of rotatable bonds is 6. The molecular formula is C22H18Cl2N2O3. The van der Waals surface area contributed by atoms with E-state index in [0.29, 0.717) is 32.7 Å². The molecular weight excluding hydrogens is 411 g/mol. The van der Waals surface area contributed by atoms with E-state index in [9.17, 15) is 9.59 Å². The molecule has 0 unspecified atom stereocenters. The Morgan fingerprint density at radius 2 is 1.59 bits per heavy atom. The van der Waals surface area contributed by atoms with Gasteiger partial charge in [-0.1, -0.05) is 53.5 Å². The van der Waals surface area contributed by atoms with Gasteiger partial charge in [0.25, 0.3) is 11.8 Å². The monoisotopic (exact) mass is 428 g/mol. The van der Waals surface area contributed by atoms with Gasteiger partial charge < -0.3 is 15.4 Å². The Morgan fingerprint density at radius 3 is 2.31 bits per heavy atom. The summed E-state index contributed by atoms with van der Waals surface area (Å²) in [5.41, 5.74) is 1.37. The normalized spacial score (nSPS) is 11.4. The zero-order valence-electron chi connectivity index (χ0n) is 15.5. The molecule has 29 heavy (non-hydrogen) atoms. The van der Waals surface area contributed by atoms with E-state index < -0.39 is 12.0 Å². The second kappa shape index (κ2) is 9.45. The summed E-state index contributed by atoms with van der Waals surface area (Å²) in [5, 5.41) is 6.31. The fraction of sp³-hybridized carbons (Fsp3) is 0.0909. The molecule has 3 aromatic carbocycles. The summed E-state index contributed by atoms with van der Waals surface area (Å²) in [7, 11) is 0. The topological polar surface area (TPSA) is 67.4 Å². The molecule has 0 heterocycles. The molecule has 148 valence electrons. The van der Waals surface area contributed by atoms with E-state index in [4.69, 9.17) is 27.9 Å². The molecule has 0 aliphatic heterocycles. The van der Waals surface area contributed by atoms with Crippen molar-refractivity contribution in [2.45, 2.75) is 13.0 Å². The Morgan fingerprint density at radius 1 is 0.897 bits per heavy atom. The second-order valence-electron chi connectivity index (χ2n) is 6.19. The second-order valence-corrected chi connectivity index (χ2v) is 7.03. The largest absolute Gasteiger partial charge is 0.479 e. The summed E-state index contributed by atoms with van der Waals surface area (Å²) < 4.78 is 5.63. The van der Waals surface area contributed by atoms with Crippen LogP contribution in [0.3, 0.4) is 0 Å². The number of ether oxygens (including phenoxy) is 1. The Labute approximate surface area is 178 Å². The number of para-hydroxylation sites is 2. The van der Waals surface area contributed by atoms with Crippen molar-refractivity contribution in [2.75, 3.05) is 10.6 Å². The van der Waals surface area contributed by atoms with Crippen LogP contribution in [0.2, 0.25) is 10.0 Å². The van der Waals surface area contributed by atoms with Gasteiger partial charge in [0.05, 0.1) is 16.3 Å². The van der Waals surface area contributed by atoms with Crippen LogP contribution in [-0.2, 0) is 4.79 Å². The average molecular weight is 429 g/mol. The predicted octanol–water partition coefficient (Wildman–Crippen LogP) is 5.65. The number of carbonyl (C=O) groups is 2. The quantitative estimate of drug-likeness (QED) is 0.532. The van der Waals surface area contributed by atoms with Crippen molar-refractivity contribution in [2.24, 2.45) is 0 Å². The minimum Gasteiger partial charge on any atom is -0.479 e. The highest BCUT2D eigenvalue weighted by Gasteiger charge is 2.19. The molecule has 1 atom stereocenters. The molecule has 0 fully saturated rings. The van der Waals surface area contributed by atoms with Crippen LogP contribution in [0.1, 0.15) is 17.3 Å². The summed E-state index contributed by atoms with van der Waals surface area (Å²) in [6, 6.07) is 20.6. The Kier molecular flexibility index (Phi) is 6.75. The SMILES string of the molecule is C[C@H](Oc1ccc(Cl)cc1Cl)C(=O)Nc1ccccc1C(=O)Nc1ccccc1. The molecule has 0 saturated heterocycles. The van der Waals surface area contributed by atoms with Crippen molar-refractivity contribution in [1.29, 1.82) is 0 Å². The lowest BCUT2D eigenvalue weighted by Crippen LogP contribution is -2.31. The Balaban J connectivity index is 1.71. The van der Waals surface area contributed by atoms with Crippen LogP contribution in [0.5, 0.6) is 5.75 Å². The number of halogens is 2.